The molecule has 0 bridgehead atoms. The molecule has 106 valence electrons. The molecular weight excluding hydrogens is 382 g/mol. The van der Waals surface area contributed by atoms with Crippen molar-refractivity contribution in [1.82, 2.24) is 5.32 Å². The third kappa shape index (κ3) is 4.08. The zero-order chi connectivity index (χ0) is 14.5. The Balaban J connectivity index is 2.17. The van der Waals surface area contributed by atoms with Crippen molar-refractivity contribution in [2.45, 2.75) is 20.4 Å². The highest BCUT2D eigenvalue weighted by molar-refractivity contribution is 9.11. The van der Waals surface area contributed by atoms with Gasteiger partial charge in [0.05, 0.1) is 8.95 Å². The minimum Gasteiger partial charge on any atom is -0.455 e. The third-order valence-electron chi connectivity index (χ3n) is 2.88. The average Bonchev–Trinajstić information content (AvgIpc) is 2.42. The standard InChI is InChI=1S/C16H17Br2NO/c1-3-19-10-12-5-7-16(14(18)9-12)20-15-6-4-11(2)8-13(15)17/h4-9,19H,3,10H2,1-2H3. The number of benzene rings is 2. The topological polar surface area (TPSA) is 21.3 Å². The molecule has 0 amide bonds. The van der Waals surface area contributed by atoms with E-state index in [0.29, 0.717) is 0 Å². The molecule has 0 unspecified atom stereocenters. The first-order valence-corrected chi connectivity index (χ1v) is 8.12. The number of halogens is 2. The Morgan fingerprint density at radius 3 is 2.25 bits per heavy atom. The lowest BCUT2D eigenvalue weighted by atomic mass is 10.2. The average molecular weight is 399 g/mol. The van der Waals surface area contributed by atoms with E-state index in [1.807, 2.05) is 24.3 Å². The van der Waals surface area contributed by atoms with Crippen LogP contribution in [0.25, 0.3) is 0 Å². The Morgan fingerprint density at radius 2 is 1.65 bits per heavy atom. The summed E-state index contributed by atoms with van der Waals surface area (Å²) >= 11 is 7.09. The van der Waals surface area contributed by atoms with Gasteiger partial charge < -0.3 is 10.1 Å². The van der Waals surface area contributed by atoms with Gasteiger partial charge in [-0.1, -0.05) is 19.1 Å². The van der Waals surface area contributed by atoms with E-state index in [-0.39, 0.29) is 0 Å². The second-order valence-electron chi connectivity index (χ2n) is 4.58. The van der Waals surface area contributed by atoms with Crippen molar-refractivity contribution in [2.75, 3.05) is 6.54 Å². The predicted molar refractivity (Wildman–Crippen MR) is 90.5 cm³/mol. The van der Waals surface area contributed by atoms with Gasteiger partial charge in [0.15, 0.2) is 0 Å². The monoisotopic (exact) mass is 397 g/mol. The Bertz CT molecular complexity index is 599. The minimum atomic E-state index is 0.815. The first kappa shape index (κ1) is 15.5. The lowest BCUT2D eigenvalue weighted by Gasteiger charge is -2.11. The summed E-state index contributed by atoms with van der Waals surface area (Å²) in [4.78, 5) is 0. The van der Waals surface area contributed by atoms with Crippen molar-refractivity contribution in [3.8, 4) is 11.5 Å². The fourth-order valence-corrected chi connectivity index (χ4v) is 2.89. The van der Waals surface area contributed by atoms with Gasteiger partial charge in [0, 0.05) is 6.54 Å². The van der Waals surface area contributed by atoms with Gasteiger partial charge in [-0.15, -0.1) is 0 Å². The molecule has 0 aliphatic heterocycles. The zero-order valence-electron chi connectivity index (χ0n) is 11.5. The maximum absolute atomic E-state index is 5.94. The number of hydrogen-bond donors (Lipinski definition) is 1. The predicted octanol–water partition coefficient (Wildman–Crippen LogP) is 5.42. The Kier molecular flexibility index (Phi) is 5.64. The maximum atomic E-state index is 5.94. The molecule has 0 aliphatic rings. The summed E-state index contributed by atoms with van der Waals surface area (Å²) in [5.74, 6) is 1.63. The molecule has 0 aliphatic carbocycles. The van der Waals surface area contributed by atoms with E-state index in [4.69, 9.17) is 4.74 Å². The van der Waals surface area contributed by atoms with E-state index in [1.54, 1.807) is 0 Å². The molecule has 2 rings (SSSR count). The SMILES string of the molecule is CCNCc1ccc(Oc2ccc(C)cc2Br)c(Br)c1. The van der Waals surface area contributed by atoms with Gasteiger partial charge in [-0.05, 0) is 80.7 Å². The molecular formula is C16H17Br2NO. The number of aryl methyl sites for hydroxylation is 1. The third-order valence-corrected chi connectivity index (χ3v) is 4.12. The number of nitrogens with one attached hydrogen (secondary N) is 1. The molecule has 0 atom stereocenters. The van der Waals surface area contributed by atoms with Crippen molar-refractivity contribution in [3.05, 3.63) is 56.5 Å². The van der Waals surface area contributed by atoms with Crippen molar-refractivity contribution < 1.29 is 4.74 Å². The van der Waals surface area contributed by atoms with Crippen LogP contribution in [0, 0.1) is 6.92 Å². The van der Waals surface area contributed by atoms with Gasteiger partial charge in [-0.25, -0.2) is 0 Å². The number of hydrogen-bond acceptors (Lipinski definition) is 2. The molecule has 0 saturated carbocycles. The quantitative estimate of drug-likeness (QED) is 0.725. The first-order chi connectivity index (χ1) is 9.60. The van der Waals surface area contributed by atoms with Crippen molar-refractivity contribution in [3.63, 3.8) is 0 Å². The van der Waals surface area contributed by atoms with Crippen LogP contribution < -0.4 is 10.1 Å². The van der Waals surface area contributed by atoms with Crippen LogP contribution in [0.15, 0.2) is 45.3 Å². The zero-order valence-corrected chi connectivity index (χ0v) is 14.7. The molecule has 2 nitrogen and oxygen atoms in total. The summed E-state index contributed by atoms with van der Waals surface area (Å²) in [6.45, 7) is 5.98. The van der Waals surface area contributed by atoms with Gasteiger partial charge in [-0.2, -0.15) is 0 Å². The molecule has 0 saturated heterocycles. The summed E-state index contributed by atoms with van der Waals surface area (Å²) in [5, 5.41) is 3.31. The largest absolute Gasteiger partial charge is 0.455 e. The van der Waals surface area contributed by atoms with Crippen LogP contribution in [0.4, 0.5) is 0 Å². The van der Waals surface area contributed by atoms with E-state index in [2.05, 4.69) is 63.2 Å². The summed E-state index contributed by atoms with van der Waals surface area (Å²) in [6, 6.07) is 12.2. The van der Waals surface area contributed by atoms with Gasteiger partial charge in [0.1, 0.15) is 11.5 Å². The fraction of sp³-hybridized carbons (Fsp3) is 0.250. The van der Waals surface area contributed by atoms with Crippen LogP contribution in [0.1, 0.15) is 18.1 Å². The second-order valence-corrected chi connectivity index (χ2v) is 6.29. The molecule has 4 heteroatoms. The van der Waals surface area contributed by atoms with Gasteiger partial charge >= 0.3 is 0 Å². The van der Waals surface area contributed by atoms with Crippen LogP contribution in [-0.2, 0) is 6.54 Å². The number of rotatable bonds is 5. The molecule has 0 fully saturated rings. The highest BCUT2D eigenvalue weighted by atomic mass is 79.9. The van der Waals surface area contributed by atoms with Gasteiger partial charge in [0.25, 0.3) is 0 Å². The fourth-order valence-electron chi connectivity index (χ4n) is 1.81. The normalized spacial score (nSPS) is 10.6. The summed E-state index contributed by atoms with van der Waals surface area (Å²) in [6.07, 6.45) is 0. The highest BCUT2D eigenvalue weighted by Gasteiger charge is 2.07. The van der Waals surface area contributed by atoms with Crippen LogP contribution in [0.2, 0.25) is 0 Å². The van der Waals surface area contributed by atoms with Crippen LogP contribution in [-0.4, -0.2) is 6.54 Å². The second kappa shape index (κ2) is 7.25. The minimum absolute atomic E-state index is 0.815. The summed E-state index contributed by atoms with van der Waals surface area (Å²) < 4.78 is 7.86. The van der Waals surface area contributed by atoms with E-state index in [9.17, 15) is 0 Å². The van der Waals surface area contributed by atoms with E-state index < -0.39 is 0 Å². The van der Waals surface area contributed by atoms with Crippen molar-refractivity contribution >= 4 is 31.9 Å². The molecule has 2 aromatic carbocycles. The Hall–Kier alpha value is -0.840. The van der Waals surface area contributed by atoms with Crippen LogP contribution in [0.5, 0.6) is 11.5 Å². The molecule has 1 N–H and O–H groups in total. The lowest BCUT2D eigenvalue weighted by molar-refractivity contribution is 0.476. The first-order valence-electron chi connectivity index (χ1n) is 6.53. The van der Waals surface area contributed by atoms with Gasteiger partial charge in [0.2, 0.25) is 0 Å². The molecule has 20 heavy (non-hydrogen) atoms. The summed E-state index contributed by atoms with van der Waals surface area (Å²) in [5.41, 5.74) is 2.43. The molecule has 0 heterocycles. The van der Waals surface area contributed by atoms with Gasteiger partial charge in [-0.3, -0.25) is 0 Å². The Morgan fingerprint density at radius 1 is 1.00 bits per heavy atom. The lowest BCUT2D eigenvalue weighted by Crippen LogP contribution is -2.11. The van der Waals surface area contributed by atoms with E-state index in [1.165, 1.54) is 11.1 Å². The van der Waals surface area contributed by atoms with Crippen molar-refractivity contribution in [2.24, 2.45) is 0 Å². The van der Waals surface area contributed by atoms with Crippen molar-refractivity contribution in [1.29, 1.82) is 0 Å². The maximum Gasteiger partial charge on any atom is 0.141 e. The smallest absolute Gasteiger partial charge is 0.141 e. The van der Waals surface area contributed by atoms with Crippen LogP contribution >= 0.6 is 31.9 Å². The molecule has 0 aromatic heterocycles. The molecule has 2 aromatic rings. The highest BCUT2D eigenvalue weighted by Crippen LogP contribution is 2.34. The Labute approximate surface area is 136 Å². The molecule has 0 spiro atoms. The molecule has 0 radical (unpaired) electrons. The van der Waals surface area contributed by atoms with E-state index in [0.717, 1.165) is 33.5 Å². The summed E-state index contributed by atoms with van der Waals surface area (Å²) in [7, 11) is 0. The number of ether oxygens (including phenoxy) is 1. The van der Waals surface area contributed by atoms with E-state index >= 15 is 0 Å². The van der Waals surface area contributed by atoms with Crippen LogP contribution in [0.3, 0.4) is 0 Å².